The van der Waals surface area contributed by atoms with Gasteiger partial charge in [-0.05, 0) is 12.8 Å². The van der Waals surface area contributed by atoms with Crippen LogP contribution in [-0.2, 0) is 4.79 Å². The molecule has 0 saturated carbocycles. The van der Waals surface area contributed by atoms with E-state index >= 15 is 0 Å². The molecule has 0 aliphatic carbocycles. The Hall–Kier alpha value is -2.05. The lowest BCUT2D eigenvalue weighted by Crippen LogP contribution is -2.32. The minimum Gasteiger partial charge on any atom is -0.481 e. The SMILES string of the molecule is COc1cc(OC)nc(N2CCCC2CC(=O)O)n1. The van der Waals surface area contributed by atoms with E-state index in [1.165, 1.54) is 14.2 Å². The second kappa shape index (κ2) is 5.73. The number of aromatic nitrogens is 2. The number of ether oxygens (including phenoxy) is 2. The zero-order valence-corrected chi connectivity index (χ0v) is 11.0. The Morgan fingerprint density at radius 3 is 2.58 bits per heavy atom. The van der Waals surface area contributed by atoms with Crippen LogP contribution in [0.5, 0.6) is 11.8 Å². The molecule has 1 N–H and O–H groups in total. The monoisotopic (exact) mass is 267 g/mol. The molecule has 1 atom stereocenters. The highest BCUT2D eigenvalue weighted by molar-refractivity contribution is 5.68. The van der Waals surface area contributed by atoms with Crippen molar-refractivity contribution in [3.63, 3.8) is 0 Å². The summed E-state index contributed by atoms with van der Waals surface area (Å²) in [6.07, 6.45) is 1.85. The smallest absolute Gasteiger partial charge is 0.305 e. The van der Waals surface area contributed by atoms with E-state index in [0.717, 1.165) is 19.4 Å². The predicted octanol–water partition coefficient (Wildman–Crippen LogP) is 0.937. The number of methoxy groups -OCH3 is 2. The minimum atomic E-state index is -0.813. The van der Waals surface area contributed by atoms with E-state index in [4.69, 9.17) is 14.6 Å². The van der Waals surface area contributed by atoms with Gasteiger partial charge in [0, 0.05) is 12.6 Å². The highest BCUT2D eigenvalue weighted by Gasteiger charge is 2.29. The number of carboxylic acid groups (broad SMARTS) is 1. The molecule has 0 bridgehead atoms. The lowest BCUT2D eigenvalue weighted by atomic mass is 10.1. The molecule has 1 aromatic rings. The molecule has 0 radical (unpaired) electrons. The molecule has 2 heterocycles. The topological polar surface area (TPSA) is 84.8 Å². The number of hydrogen-bond acceptors (Lipinski definition) is 6. The molecule has 104 valence electrons. The fraction of sp³-hybridized carbons (Fsp3) is 0.583. The Bertz CT molecular complexity index is 444. The van der Waals surface area contributed by atoms with Crippen molar-refractivity contribution >= 4 is 11.9 Å². The molecule has 0 aromatic carbocycles. The lowest BCUT2D eigenvalue weighted by Gasteiger charge is -2.23. The third-order valence-corrected chi connectivity index (χ3v) is 3.13. The average molecular weight is 267 g/mol. The quantitative estimate of drug-likeness (QED) is 0.849. The van der Waals surface area contributed by atoms with E-state index < -0.39 is 5.97 Å². The van der Waals surface area contributed by atoms with Gasteiger partial charge in [0.05, 0.1) is 26.7 Å². The molecule has 0 spiro atoms. The fourth-order valence-electron chi connectivity index (χ4n) is 2.24. The van der Waals surface area contributed by atoms with Crippen molar-refractivity contribution in [2.24, 2.45) is 0 Å². The van der Waals surface area contributed by atoms with Crippen molar-refractivity contribution in [2.45, 2.75) is 25.3 Å². The third kappa shape index (κ3) is 3.04. The van der Waals surface area contributed by atoms with Crippen LogP contribution < -0.4 is 14.4 Å². The van der Waals surface area contributed by atoms with Gasteiger partial charge in [-0.3, -0.25) is 4.79 Å². The van der Waals surface area contributed by atoms with E-state index in [1.807, 2.05) is 4.90 Å². The highest BCUT2D eigenvalue weighted by atomic mass is 16.5. The second-order valence-electron chi connectivity index (χ2n) is 4.34. The van der Waals surface area contributed by atoms with Gasteiger partial charge in [-0.15, -0.1) is 0 Å². The van der Waals surface area contributed by atoms with Crippen LogP contribution in [-0.4, -0.2) is 47.8 Å². The molecular weight excluding hydrogens is 250 g/mol. The van der Waals surface area contributed by atoms with Crippen LogP contribution in [0.2, 0.25) is 0 Å². The van der Waals surface area contributed by atoms with Crippen molar-refractivity contribution in [3.05, 3.63) is 6.07 Å². The minimum absolute atomic E-state index is 0.0747. The molecule has 19 heavy (non-hydrogen) atoms. The number of hydrogen-bond donors (Lipinski definition) is 1. The standard InChI is InChI=1S/C12H17N3O4/c1-18-9-7-10(19-2)14-12(13-9)15-5-3-4-8(15)6-11(16)17/h7-8H,3-6H2,1-2H3,(H,16,17). The van der Waals surface area contributed by atoms with Crippen molar-refractivity contribution in [3.8, 4) is 11.8 Å². The number of rotatable bonds is 5. The summed E-state index contributed by atoms with van der Waals surface area (Å²) in [5, 5.41) is 8.92. The summed E-state index contributed by atoms with van der Waals surface area (Å²) < 4.78 is 10.2. The molecule has 1 aromatic heterocycles. The first-order valence-electron chi connectivity index (χ1n) is 6.09. The molecule has 1 aliphatic rings. The zero-order chi connectivity index (χ0) is 13.8. The van der Waals surface area contributed by atoms with Gasteiger partial charge in [0.25, 0.3) is 0 Å². The molecule has 7 heteroatoms. The van der Waals surface area contributed by atoms with Gasteiger partial charge in [-0.1, -0.05) is 0 Å². The van der Waals surface area contributed by atoms with Crippen molar-refractivity contribution in [1.82, 2.24) is 9.97 Å². The maximum atomic E-state index is 10.9. The van der Waals surface area contributed by atoms with E-state index in [1.54, 1.807) is 6.07 Å². The maximum absolute atomic E-state index is 10.9. The van der Waals surface area contributed by atoms with Crippen LogP contribution in [0.1, 0.15) is 19.3 Å². The number of carboxylic acids is 1. The van der Waals surface area contributed by atoms with E-state index in [9.17, 15) is 4.79 Å². The predicted molar refractivity (Wildman–Crippen MR) is 67.8 cm³/mol. The first-order valence-corrected chi connectivity index (χ1v) is 6.09. The summed E-state index contributed by atoms with van der Waals surface area (Å²) in [6.45, 7) is 0.744. The maximum Gasteiger partial charge on any atom is 0.305 e. The first kappa shape index (κ1) is 13.4. The summed E-state index contributed by atoms with van der Waals surface area (Å²) in [4.78, 5) is 21.3. The van der Waals surface area contributed by atoms with Crippen LogP contribution in [0.25, 0.3) is 0 Å². The van der Waals surface area contributed by atoms with Crippen LogP contribution in [0, 0.1) is 0 Å². The Morgan fingerprint density at radius 2 is 2.05 bits per heavy atom. The highest BCUT2D eigenvalue weighted by Crippen LogP contribution is 2.27. The normalized spacial score (nSPS) is 18.4. The third-order valence-electron chi connectivity index (χ3n) is 3.13. The molecule has 1 aliphatic heterocycles. The zero-order valence-electron chi connectivity index (χ0n) is 11.0. The average Bonchev–Trinajstić information content (AvgIpc) is 2.85. The number of nitrogens with zero attached hydrogens (tertiary/aromatic N) is 3. The first-order chi connectivity index (χ1) is 9.13. The molecule has 1 fully saturated rings. The number of aliphatic carboxylic acids is 1. The van der Waals surface area contributed by atoms with Crippen LogP contribution in [0.4, 0.5) is 5.95 Å². The summed E-state index contributed by atoms with van der Waals surface area (Å²) >= 11 is 0. The Kier molecular flexibility index (Phi) is 4.03. The van der Waals surface area contributed by atoms with Crippen LogP contribution >= 0.6 is 0 Å². The summed E-state index contributed by atoms with van der Waals surface area (Å²) in [5.41, 5.74) is 0. The van der Waals surface area contributed by atoms with E-state index in [0.29, 0.717) is 17.7 Å². The van der Waals surface area contributed by atoms with Crippen molar-refractivity contribution < 1.29 is 19.4 Å². The van der Waals surface area contributed by atoms with Gasteiger partial charge in [0.1, 0.15) is 0 Å². The van der Waals surface area contributed by atoms with E-state index in [2.05, 4.69) is 9.97 Å². The summed E-state index contributed by atoms with van der Waals surface area (Å²) in [5.74, 6) is 0.456. The summed E-state index contributed by atoms with van der Waals surface area (Å²) in [6, 6.07) is 1.51. The molecule has 0 amide bonds. The fourth-order valence-corrected chi connectivity index (χ4v) is 2.24. The number of anilines is 1. The van der Waals surface area contributed by atoms with Gasteiger partial charge >= 0.3 is 5.97 Å². The van der Waals surface area contributed by atoms with Gasteiger partial charge < -0.3 is 19.5 Å². The Balaban J connectivity index is 2.26. The number of carbonyl (C=O) groups is 1. The van der Waals surface area contributed by atoms with Crippen LogP contribution in [0.3, 0.4) is 0 Å². The van der Waals surface area contributed by atoms with Gasteiger partial charge in [0.2, 0.25) is 17.7 Å². The van der Waals surface area contributed by atoms with Crippen molar-refractivity contribution in [2.75, 3.05) is 25.7 Å². The molecule has 1 saturated heterocycles. The van der Waals surface area contributed by atoms with Crippen LogP contribution in [0.15, 0.2) is 6.07 Å². The van der Waals surface area contributed by atoms with Crippen molar-refractivity contribution in [1.29, 1.82) is 0 Å². The Labute approximate surface area is 111 Å². The second-order valence-corrected chi connectivity index (χ2v) is 4.34. The largest absolute Gasteiger partial charge is 0.481 e. The lowest BCUT2D eigenvalue weighted by molar-refractivity contribution is -0.137. The molecular formula is C12H17N3O4. The molecule has 7 nitrogen and oxygen atoms in total. The van der Waals surface area contributed by atoms with Gasteiger partial charge in [-0.2, -0.15) is 9.97 Å². The Morgan fingerprint density at radius 1 is 1.42 bits per heavy atom. The van der Waals surface area contributed by atoms with Gasteiger partial charge in [-0.25, -0.2) is 0 Å². The summed E-state index contributed by atoms with van der Waals surface area (Å²) in [7, 11) is 3.04. The molecule has 2 rings (SSSR count). The van der Waals surface area contributed by atoms with Gasteiger partial charge in [0.15, 0.2) is 0 Å². The molecule has 1 unspecified atom stereocenters. The van der Waals surface area contributed by atoms with E-state index in [-0.39, 0.29) is 12.5 Å².